The van der Waals surface area contributed by atoms with Crippen molar-refractivity contribution < 1.29 is 4.42 Å². The Morgan fingerprint density at radius 1 is 0.458 bits per heavy atom. The van der Waals surface area contributed by atoms with Gasteiger partial charge < -0.3 is 4.42 Å². The first-order chi connectivity index (χ1) is 23.8. The molecule has 0 spiro atoms. The standard InChI is InChI=1S/C44H26N2OS/c1-2-9-28-22-31(19-18-27(28)8-1)32-20-21-39-38(25-32)42-43(47-39)41(45-26-46-42)34-13-6-11-30(24-34)29-10-5-12-33(23-29)35-15-7-16-37-36-14-3-4-17-40(36)48-44(35)37/h1-26H. The molecule has 0 aliphatic carbocycles. The van der Waals surface area contributed by atoms with Gasteiger partial charge in [0.25, 0.3) is 0 Å². The number of fused-ring (bicyclic) bond motifs is 7. The molecule has 3 nitrogen and oxygen atoms in total. The fourth-order valence-electron chi connectivity index (χ4n) is 7.02. The van der Waals surface area contributed by atoms with Crippen molar-refractivity contribution in [2.24, 2.45) is 0 Å². The summed E-state index contributed by atoms with van der Waals surface area (Å²) in [6, 6.07) is 54.1. The lowest BCUT2D eigenvalue weighted by Crippen LogP contribution is -1.88. The number of benzene rings is 7. The normalized spacial score (nSPS) is 11.8. The first kappa shape index (κ1) is 27.1. The lowest BCUT2D eigenvalue weighted by Gasteiger charge is -2.09. The fraction of sp³-hybridized carbons (Fsp3) is 0. The Morgan fingerprint density at radius 3 is 2.06 bits per heavy atom. The Labute approximate surface area is 280 Å². The Hall–Kier alpha value is -6.10. The molecule has 48 heavy (non-hydrogen) atoms. The van der Waals surface area contributed by atoms with Crippen LogP contribution in [0.3, 0.4) is 0 Å². The van der Waals surface area contributed by atoms with Crippen molar-refractivity contribution in [3.05, 3.63) is 158 Å². The van der Waals surface area contributed by atoms with Gasteiger partial charge in [0.2, 0.25) is 0 Å². The van der Waals surface area contributed by atoms with E-state index in [9.17, 15) is 0 Å². The maximum absolute atomic E-state index is 6.46. The third-order valence-corrected chi connectivity index (χ3v) is 10.6. The van der Waals surface area contributed by atoms with Gasteiger partial charge in [0.1, 0.15) is 23.1 Å². The third kappa shape index (κ3) is 4.34. The van der Waals surface area contributed by atoms with Crippen molar-refractivity contribution in [3.8, 4) is 44.6 Å². The average molecular weight is 631 g/mol. The number of thiophene rings is 1. The number of aromatic nitrogens is 2. The van der Waals surface area contributed by atoms with E-state index in [1.807, 2.05) is 17.4 Å². The zero-order valence-corrected chi connectivity index (χ0v) is 26.5. The highest BCUT2D eigenvalue weighted by Gasteiger charge is 2.17. The SMILES string of the molecule is c1cc(-c2cccc(-c3cccc4c3sc3ccccc34)c2)cc(-c2ncnc3c2oc2ccc(-c4ccc5ccccc5c4)cc23)c1. The second-order valence-electron chi connectivity index (χ2n) is 12.2. The minimum Gasteiger partial charge on any atom is -0.452 e. The molecular formula is C44H26N2OS. The van der Waals surface area contributed by atoms with Gasteiger partial charge in [0, 0.05) is 31.1 Å². The van der Waals surface area contributed by atoms with E-state index in [0.29, 0.717) is 5.58 Å². The minimum absolute atomic E-state index is 0.700. The zero-order valence-electron chi connectivity index (χ0n) is 25.7. The van der Waals surface area contributed by atoms with Crippen LogP contribution in [-0.4, -0.2) is 9.97 Å². The first-order valence-corrected chi connectivity index (χ1v) is 16.9. The molecule has 3 heterocycles. The molecule has 10 aromatic rings. The van der Waals surface area contributed by atoms with Gasteiger partial charge in [-0.05, 0) is 80.6 Å². The molecule has 4 heteroatoms. The Balaban J connectivity index is 1.05. The number of hydrogen-bond acceptors (Lipinski definition) is 4. The number of nitrogens with zero attached hydrogens (tertiary/aromatic N) is 2. The Morgan fingerprint density at radius 2 is 1.15 bits per heavy atom. The highest BCUT2D eigenvalue weighted by atomic mass is 32.1. The molecular weight excluding hydrogens is 605 g/mol. The van der Waals surface area contributed by atoms with Gasteiger partial charge in [0.05, 0.1) is 0 Å². The van der Waals surface area contributed by atoms with Crippen LogP contribution in [0.2, 0.25) is 0 Å². The van der Waals surface area contributed by atoms with Crippen LogP contribution in [0.4, 0.5) is 0 Å². The molecule has 0 unspecified atom stereocenters. The van der Waals surface area contributed by atoms with E-state index in [0.717, 1.165) is 50.0 Å². The molecule has 224 valence electrons. The molecule has 0 bridgehead atoms. The number of rotatable bonds is 4. The Bertz CT molecular complexity index is 2860. The van der Waals surface area contributed by atoms with Crippen LogP contribution in [0.15, 0.2) is 162 Å². The highest BCUT2D eigenvalue weighted by molar-refractivity contribution is 7.26. The van der Waals surface area contributed by atoms with E-state index < -0.39 is 0 Å². The summed E-state index contributed by atoms with van der Waals surface area (Å²) in [7, 11) is 0. The van der Waals surface area contributed by atoms with Crippen LogP contribution in [-0.2, 0) is 0 Å². The number of furan rings is 1. The smallest absolute Gasteiger partial charge is 0.180 e. The first-order valence-electron chi connectivity index (χ1n) is 16.0. The summed E-state index contributed by atoms with van der Waals surface area (Å²) in [4.78, 5) is 9.44. The van der Waals surface area contributed by atoms with Crippen LogP contribution >= 0.6 is 11.3 Å². The van der Waals surface area contributed by atoms with E-state index in [1.165, 1.54) is 42.1 Å². The molecule has 0 N–H and O–H groups in total. The molecule has 0 radical (unpaired) electrons. The van der Waals surface area contributed by atoms with Crippen molar-refractivity contribution in [3.63, 3.8) is 0 Å². The molecule has 3 aromatic heterocycles. The lowest BCUT2D eigenvalue weighted by atomic mass is 9.96. The van der Waals surface area contributed by atoms with Gasteiger partial charge in [-0.2, -0.15) is 0 Å². The van der Waals surface area contributed by atoms with Crippen LogP contribution in [0.5, 0.6) is 0 Å². The third-order valence-electron chi connectivity index (χ3n) is 9.38. The van der Waals surface area contributed by atoms with E-state index in [-0.39, 0.29) is 0 Å². The molecule has 0 aliphatic rings. The molecule has 0 atom stereocenters. The summed E-state index contributed by atoms with van der Waals surface area (Å²) in [6.07, 6.45) is 1.65. The van der Waals surface area contributed by atoms with Crippen LogP contribution < -0.4 is 0 Å². The van der Waals surface area contributed by atoms with E-state index in [1.54, 1.807) is 6.33 Å². The minimum atomic E-state index is 0.700. The van der Waals surface area contributed by atoms with Gasteiger partial charge in [-0.15, -0.1) is 11.3 Å². The molecule has 10 rings (SSSR count). The van der Waals surface area contributed by atoms with E-state index in [4.69, 9.17) is 14.4 Å². The van der Waals surface area contributed by atoms with Gasteiger partial charge in [-0.25, -0.2) is 9.97 Å². The molecule has 0 amide bonds. The highest BCUT2D eigenvalue weighted by Crippen LogP contribution is 2.41. The molecule has 0 fully saturated rings. The summed E-state index contributed by atoms with van der Waals surface area (Å²) >= 11 is 1.86. The van der Waals surface area contributed by atoms with Gasteiger partial charge in [-0.3, -0.25) is 0 Å². The second kappa shape index (κ2) is 10.7. The zero-order chi connectivity index (χ0) is 31.6. The number of hydrogen-bond donors (Lipinski definition) is 0. The van der Waals surface area contributed by atoms with Crippen LogP contribution in [0.1, 0.15) is 0 Å². The van der Waals surface area contributed by atoms with Crippen molar-refractivity contribution >= 4 is 64.4 Å². The topological polar surface area (TPSA) is 38.9 Å². The van der Waals surface area contributed by atoms with Gasteiger partial charge >= 0.3 is 0 Å². The van der Waals surface area contributed by atoms with Crippen molar-refractivity contribution in [1.29, 1.82) is 0 Å². The Kier molecular flexibility index (Phi) is 6.05. The maximum atomic E-state index is 6.46. The van der Waals surface area contributed by atoms with Crippen LogP contribution in [0.25, 0.3) is 97.7 Å². The summed E-state index contributed by atoms with van der Waals surface area (Å²) in [5.74, 6) is 0. The summed E-state index contributed by atoms with van der Waals surface area (Å²) < 4.78 is 9.10. The van der Waals surface area contributed by atoms with Crippen LogP contribution in [0, 0.1) is 0 Å². The molecule has 7 aromatic carbocycles. The molecule has 0 aliphatic heterocycles. The quantitative estimate of drug-likeness (QED) is 0.194. The average Bonchev–Trinajstić information content (AvgIpc) is 3.73. The summed E-state index contributed by atoms with van der Waals surface area (Å²) in [6.45, 7) is 0. The fourth-order valence-corrected chi connectivity index (χ4v) is 8.26. The molecule has 0 saturated carbocycles. The van der Waals surface area contributed by atoms with Gasteiger partial charge in [-0.1, -0.05) is 115 Å². The monoisotopic (exact) mass is 630 g/mol. The predicted molar refractivity (Wildman–Crippen MR) is 201 cm³/mol. The maximum Gasteiger partial charge on any atom is 0.180 e. The largest absolute Gasteiger partial charge is 0.452 e. The molecule has 0 saturated heterocycles. The predicted octanol–water partition coefficient (Wildman–Crippen LogP) is 12.6. The van der Waals surface area contributed by atoms with E-state index in [2.05, 4.69) is 146 Å². The summed E-state index contributed by atoms with van der Waals surface area (Å²) in [5, 5.41) is 6.06. The van der Waals surface area contributed by atoms with E-state index >= 15 is 0 Å². The van der Waals surface area contributed by atoms with Crippen molar-refractivity contribution in [1.82, 2.24) is 9.97 Å². The summed E-state index contributed by atoms with van der Waals surface area (Å²) in [5.41, 5.74) is 11.1. The van der Waals surface area contributed by atoms with Crippen molar-refractivity contribution in [2.75, 3.05) is 0 Å². The van der Waals surface area contributed by atoms with Gasteiger partial charge in [0.15, 0.2) is 5.58 Å². The second-order valence-corrected chi connectivity index (χ2v) is 13.3. The van der Waals surface area contributed by atoms with Crippen molar-refractivity contribution in [2.45, 2.75) is 0 Å². The lowest BCUT2D eigenvalue weighted by molar-refractivity contribution is 0.667.